The molecule has 2 aliphatic rings. The highest BCUT2D eigenvalue weighted by Crippen LogP contribution is 2.36. The van der Waals surface area contributed by atoms with Gasteiger partial charge in [-0.2, -0.15) is 17.6 Å². The van der Waals surface area contributed by atoms with E-state index in [1.807, 2.05) is 6.92 Å². The van der Waals surface area contributed by atoms with Crippen LogP contribution in [0.2, 0.25) is 0 Å². The van der Waals surface area contributed by atoms with Gasteiger partial charge < -0.3 is 23.7 Å². The molecule has 0 aliphatic carbocycles. The molecule has 0 N–H and O–H groups in total. The molecule has 204 valence electrons. The summed E-state index contributed by atoms with van der Waals surface area (Å²) in [6, 6.07) is 8.51. The normalized spacial score (nSPS) is 25.2. The smallest absolute Gasteiger partial charge is 0.429 e. The second-order valence-corrected chi connectivity index (χ2v) is 9.17. The maximum Gasteiger partial charge on any atom is 0.451 e. The third-order valence-electron chi connectivity index (χ3n) is 6.27. The Balaban J connectivity index is 1.27. The molecule has 2 saturated heterocycles. The van der Waals surface area contributed by atoms with E-state index in [1.54, 1.807) is 0 Å². The maximum atomic E-state index is 14.6. The Morgan fingerprint density at radius 2 is 1.49 bits per heavy atom. The van der Waals surface area contributed by atoms with Crippen LogP contribution in [0, 0.1) is 17.6 Å². The summed E-state index contributed by atoms with van der Waals surface area (Å²) >= 11 is 0. The van der Waals surface area contributed by atoms with E-state index < -0.39 is 55.6 Å². The molecule has 0 saturated carbocycles. The molecule has 0 radical (unpaired) electrons. The van der Waals surface area contributed by atoms with Gasteiger partial charge in [0, 0.05) is 0 Å². The van der Waals surface area contributed by atoms with Gasteiger partial charge in [0.1, 0.15) is 18.0 Å². The zero-order valence-corrected chi connectivity index (χ0v) is 20.1. The molecule has 2 aliphatic heterocycles. The molecule has 0 aromatic heterocycles. The first-order valence-electron chi connectivity index (χ1n) is 12.1. The van der Waals surface area contributed by atoms with Gasteiger partial charge >= 0.3 is 12.2 Å². The molecule has 37 heavy (non-hydrogen) atoms. The van der Waals surface area contributed by atoms with Crippen LogP contribution in [0.4, 0.5) is 26.3 Å². The fourth-order valence-electron chi connectivity index (χ4n) is 4.35. The number of hydrogen-bond donors (Lipinski definition) is 0. The Kier molecular flexibility index (Phi) is 8.67. The van der Waals surface area contributed by atoms with E-state index in [2.05, 4.69) is 0 Å². The van der Waals surface area contributed by atoms with Crippen molar-refractivity contribution in [1.82, 2.24) is 0 Å². The SMILES string of the molecule is CCCC1CCC(C(F)(F)OC2COC(C(F)(F)Oc3ccc(-c4ccc(F)c(F)c4)cc3)OC2)OC1. The molecule has 2 aromatic carbocycles. The Morgan fingerprint density at radius 3 is 2.08 bits per heavy atom. The van der Waals surface area contributed by atoms with Crippen LogP contribution in [-0.4, -0.2) is 50.5 Å². The number of alkyl halides is 4. The number of benzene rings is 2. The van der Waals surface area contributed by atoms with Crippen molar-refractivity contribution in [2.75, 3.05) is 19.8 Å². The molecule has 5 nitrogen and oxygen atoms in total. The molecule has 0 spiro atoms. The van der Waals surface area contributed by atoms with Crippen LogP contribution in [-0.2, 0) is 18.9 Å². The van der Waals surface area contributed by atoms with Gasteiger partial charge in [-0.25, -0.2) is 8.78 Å². The van der Waals surface area contributed by atoms with E-state index in [4.69, 9.17) is 23.7 Å². The lowest BCUT2D eigenvalue weighted by Crippen LogP contribution is -2.52. The molecule has 2 heterocycles. The zero-order valence-electron chi connectivity index (χ0n) is 20.1. The van der Waals surface area contributed by atoms with Gasteiger partial charge in [0.2, 0.25) is 0 Å². The van der Waals surface area contributed by atoms with Gasteiger partial charge in [-0.3, -0.25) is 0 Å². The highest BCUT2D eigenvalue weighted by atomic mass is 19.3. The van der Waals surface area contributed by atoms with Gasteiger partial charge in [-0.1, -0.05) is 31.5 Å². The molecular formula is C26H28F6O5. The minimum Gasteiger partial charge on any atom is -0.429 e. The number of ether oxygens (including phenoxy) is 5. The molecule has 4 rings (SSSR count). The summed E-state index contributed by atoms with van der Waals surface area (Å²) in [6.45, 7) is 1.13. The average molecular weight is 534 g/mol. The lowest BCUT2D eigenvalue weighted by molar-refractivity contribution is -0.386. The monoisotopic (exact) mass is 534 g/mol. The Morgan fingerprint density at radius 1 is 0.811 bits per heavy atom. The van der Waals surface area contributed by atoms with Crippen LogP contribution in [0.25, 0.3) is 11.1 Å². The lowest BCUT2D eigenvalue weighted by Gasteiger charge is -2.37. The van der Waals surface area contributed by atoms with Gasteiger partial charge in [0.05, 0.1) is 19.8 Å². The minimum atomic E-state index is -3.95. The van der Waals surface area contributed by atoms with Crippen LogP contribution in [0.15, 0.2) is 42.5 Å². The Hall–Kier alpha value is -2.34. The predicted molar refractivity (Wildman–Crippen MR) is 120 cm³/mol. The Labute approximate surface area is 210 Å². The second-order valence-electron chi connectivity index (χ2n) is 9.17. The summed E-state index contributed by atoms with van der Waals surface area (Å²) in [7, 11) is 0. The van der Waals surface area contributed by atoms with Gasteiger partial charge in [0.25, 0.3) is 6.29 Å². The topological polar surface area (TPSA) is 46.2 Å². The number of rotatable bonds is 9. The largest absolute Gasteiger partial charge is 0.451 e. The molecular weight excluding hydrogens is 506 g/mol. The maximum absolute atomic E-state index is 14.6. The van der Waals surface area contributed by atoms with E-state index in [0.29, 0.717) is 17.5 Å². The summed E-state index contributed by atoms with van der Waals surface area (Å²) < 4.78 is 110. The molecule has 2 aromatic rings. The summed E-state index contributed by atoms with van der Waals surface area (Å²) in [6.07, 6.45) is -9.81. The molecule has 0 amide bonds. The summed E-state index contributed by atoms with van der Waals surface area (Å²) in [5.74, 6) is -2.05. The van der Waals surface area contributed by atoms with Crippen molar-refractivity contribution >= 4 is 0 Å². The van der Waals surface area contributed by atoms with Crippen LogP contribution >= 0.6 is 0 Å². The fraction of sp³-hybridized carbons (Fsp3) is 0.538. The van der Waals surface area contributed by atoms with Crippen LogP contribution in [0.3, 0.4) is 0 Å². The third kappa shape index (κ3) is 6.95. The van der Waals surface area contributed by atoms with E-state index >= 15 is 0 Å². The van der Waals surface area contributed by atoms with Crippen LogP contribution in [0.1, 0.15) is 32.6 Å². The summed E-state index contributed by atoms with van der Waals surface area (Å²) in [5.41, 5.74) is 0.793. The first-order valence-corrected chi connectivity index (χ1v) is 12.1. The van der Waals surface area contributed by atoms with Crippen molar-refractivity contribution in [1.29, 1.82) is 0 Å². The van der Waals surface area contributed by atoms with Crippen molar-refractivity contribution in [3.05, 3.63) is 54.1 Å². The van der Waals surface area contributed by atoms with E-state index in [1.165, 1.54) is 30.3 Å². The third-order valence-corrected chi connectivity index (χ3v) is 6.27. The van der Waals surface area contributed by atoms with Crippen molar-refractivity contribution in [2.24, 2.45) is 5.92 Å². The van der Waals surface area contributed by atoms with Crippen molar-refractivity contribution in [3.8, 4) is 16.9 Å². The summed E-state index contributed by atoms with van der Waals surface area (Å²) in [4.78, 5) is 0. The van der Waals surface area contributed by atoms with Crippen molar-refractivity contribution < 1.29 is 50.0 Å². The average Bonchev–Trinajstić information content (AvgIpc) is 2.87. The van der Waals surface area contributed by atoms with Gasteiger partial charge in [0.15, 0.2) is 11.6 Å². The van der Waals surface area contributed by atoms with Crippen molar-refractivity contribution in [3.63, 3.8) is 0 Å². The fourth-order valence-corrected chi connectivity index (χ4v) is 4.35. The van der Waals surface area contributed by atoms with Crippen LogP contribution in [0.5, 0.6) is 5.75 Å². The Bertz CT molecular complexity index is 1020. The lowest BCUT2D eigenvalue weighted by atomic mass is 9.94. The molecule has 11 heteroatoms. The molecule has 2 atom stereocenters. The first-order chi connectivity index (χ1) is 17.6. The van der Waals surface area contributed by atoms with Crippen LogP contribution < -0.4 is 4.74 Å². The minimum absolute atomic E-state index is 0.134. The second kappa shape index (κ2) is 11.6. The zero-order chi connectivity index (χ0) is 26.6. The van der Waals surface area contributed by atoms with E-state index in [0.717, 1.165) is 25.0 Å². The first kappa shape index (κ1) is 27.7. The van der Waals surface area contributed by atoms with E-state index in [9.17, 15) is 26.3 Å². The highest BCUT2D eigenvalue weighted by molar-refractivity contribution is 5.64. The predicted octanol–water partition coefficient (Wildman–Crippen LogP) is 6.55. The van der Waals surface area contributed by atoms with E-state index in [-0.39, 0.29) is 24.7 Å². The van der Waals surface area contributed by atoms with Gasteiger partial charge in [-0.05, 0) is 60.6 Å². The highest BCUT2D eigenvalue weighted by Gasteiger charge is 2.50. The molecule has 2 fully saturated rings. The molecule has 0 bridgehead atoms. The summed E-state index contributed by atoms with van der Waals surface area (Å²) in [5, 5.41) is 0. The standard InChI is InChI=1S/C26H28F6O5/c1-2-3-16-4-11-23(33-13-16)25(29,30)37-20-14-34-24(35-15-20)26(31,32)36-19-8-5-17(6-9-19)18-7-10-21(27)22(28)12-18/h5-10,12,16,20,23-24H,2-4,11,13-15H2,1H3. The number of halogens is 6. The van der Waals surface area contributed by atoms with Gasteiger partial charge in [-0.15, -0.1) is 0 Å². The molecule has 2 unspecified atom stereocenters. The quantitative estimate of drug-likeness (QED) is 0.342. The number of hydrogen-bond acceptors (Lipinski definition) is 5. The van der Waals surface area contributed by atoms with Crippen molar-refractivity contribution in [2.45, 2.75) is 63.3 Å².